The molecule has 0 saturated carbocycles. The molecule has 0 unspecified atom stereocenters. The van der Waals surface area contributed by atoms with Crippen LogP contribution in [0.15, 0.2) is 71.3 Å². The lowest BCUT2D eigenvalue weighted by atomic mass is 9.98. The van der Waals surface area contributed by atoms with E-state index in [1.165, 1.54) is 11.8 Å². The molecule has 6 nitrogen and oxygen atoms in total. The van der Waals surface area contributed by atoms with Gasteiger partial charge in [0.1, 0.15) is 6.04 Å². The van der Waals surface area contributed by atoms with Gasteiger partial charge in [0.15, 0.2) is 5.76 Å². The Balaban J connectivity index is 1.44. The van der Waals surface area contributed by atoms with E-state index in [1.54, 1.807) is 17.0 Å². The van der Waals surface area contributed by atoms with E-state index in [4.69, 9.17) is 4.42 Å². The Kier molecular flexibility index (Phi) is 6.71. The Hall–Kier alpha value is -3.38. The van der Waals surface area contributed by atoms with E-state index in [0.717, 1.165) is 29.7 Å². The summed E-state index contributed by atoms with van der Waals surface area (Å²) in [7, 11) is 4.11. The Morgan fingerprint density at radius 2 is 1.84 bits per heavy atom. The van der Waals surface area contributed by atoms with Crippen LogP contribution in [0.4, 0.5) is 0 Å². The molecule has 2 aromatic carbocycles. The molecule has 166 valence electrons. The fourth-order valence-electron chi connectivity index (χ4n) is 4.24. The first-order valence-electron chi connectivity index (χ1n) is 11.0. The first kappa shape index (κ1) is 21.8. The molecule has 1 fully saturated rings. The van der Waals surface area contributed by atoms with Gasteiger partial charge in [-0.1, -0.05) is 48.5 Å². The largest absolute Gasteiger partial charge is 0.459 e. The molecule has 1 atom stereocenters. The molecule has 1 N–H and O–H groups in total. The third-order valence-electron chi connectivity index (χ3n) is 5.78. The quantitative estimate of drug-likeness (QED) is 0.616. The number of carbonyl (C=O) groups is 2. The van der Waals surface area contributed by atoms with Crippen LogP contribution in [-0.4, -0.2) is 48.3 Å². The molecule has 1 saturated heterocycles. The third-order valence-corrected chi connectivity index (χ3v) is 5.78. The van der Waals surface area contributed by atoms with Gasteiger partial charge in [0.25, 0.3) is 5.91 Å². The normalized spacial score (nSPS) is 15.8. The molecule has 0 bridgehead atoms. The van der Waals surface area contributed by atoms with Crippen molar-refractivity contribution < 1.29 is 14.0 Å². The highest BCUT2D eigenvalue weighted by Crippen LogP contribution is 2.25. The van der Waals surface area contributed by atoms with Crippen molar-refractivity contribution in [2.75, 3.05) is 20.6 Å². The number of hydrogen-bond donors (Lipinski definition) is 1. The summed E-state index contributed by atoms with van der Waals surface area (Å²) in [5, 5.41) is 3.05. The van der Waals surface area contributed by atoms with E-state index in [1.807, 2.05) is 18.2 Å². The van der Waals surface area contributed by atoms with Gasteiger partial charge in [-0.15, -0.1) is 0 Å². The van der Waals surface area contributed by atoms with Gasteiger partial charge in [-0.05, 0) is 61.3 Å². The predicted molar refractivity (Wildman–Crippen MR) is 124 cm³/mol. The summed E-state index contributed by atoms with van der Waals surface area (Å²) in [5.41, 5.74) is 4.52. The lowest BCUT2D eigenvalue weighted by Crippen LogP contribution is -2.45. The van der Waals surface area contributed by atoms with Gasteiger partial charge in [0.2, 0.25) is 5.91 Å². The number of rotatable bonds is 7. The molecule has 2 heterocycles. The molecule has 6 heteroatoms. The second-order valence-corrected chi connectivity index (χ2v) is 8.44. The lowest BCUT2D eigenvalue weighted by molar-refractivity contribution is -0.125. The molecule has 32 heavy (non-hydrogen) atoms. The standard InChI is InChI=1S/C26H29N3O3/c1-28(2)18-19-11-13-20(14-12-19)22-8-4-3-7-21(22)17-27-25(30)23-9-5-15-29(23)26(31)24-10-6-16-32-24/h3-4,6-8,10-14,16,23H,5,9,15,17-18H2,1-2H3,(H,27,30)/t23-/m0/s1. The summed E-state index contributed by atoms with van der Waals surface area (Å²) < 4.78 is 5.23. The average Bonchev–Trinajstić information content (AvgIpc) is 3.50. The second kappa shape index (κ2) is 9.83. The Morgan fingerprint density at radius 1 is 1.06 bits per heavy atom. The van der Waals surface area contributed by atoms with Crippen molar-refractivity contribution in [2.24, 2.45) is 0 Å². The molecule has 2 amide bonds. The van der Waals surface area contributed by atoms with Crippen LogP contribution < -0.4 is 5.32 Å². The summed E-state index contributed by atoms with van der Waals surface area (Å²) >= 11 is 0. The smallest absolute Gasteiger partial charge is 0.290 e. The maximum atomic E-state index is 13.0. The number of nitrogens with one attached hydrogen (secondary N) is 1. The van der Waals surface area contributed by atoms with Gasteiger partial charge in [-0.25, -0.2) is 0 Å². The fourth-order valence-corrected chi connectivity index (χ4v) is 4.24. The van der Waals surface area contributed by atoms with Gasteiger partial charge in [0, 0.05) is 19.6 Å². The van der Waals surface area contributed by atoms with Gasteiger partial charge in [-0.2, -0.15) is 0 Å². The molecule has 1 aromatic heterocycles. The Bertz CT molecular complexity index is 1060. The number of carbonyl (C=O) groups excluding carboxylic acids is 2. The van der Waals surface area contributed by atoms with Gasteiger partial charge in [-0.3, -0.25) is 9.59 Å². The SMILES string of the molecule is CN(C)Cc1ccc(-c2ccccc2CNC(=O)[C@@H]2CCCN2C(=O)c2ccco2)cc1. The molecule has 0 radical (unpaired) electrons. The predicted octanol–water partition coefficient (Wildman–Crippen LogP) is 3.93. The summed E-state index contributed by atoms with van der Waals surface area (Å²) in [6, 6.07) is 19.5. The summed E-state index contributed by atoms with van der Waals surface area (Å²) in [5.74, 6) is -0.0860. The summed E-state index contributed by atoms with van der Waals surface area (Å²) in [4.78, 5) is 29.4. The van der Waals surface area contributed by atoms with E-state index in [0.29, 0.717) is 19.5 Å². The van der Waals surface area contributed by atoms with Crippen molar-refractivity contribution in [3.8, 4) is 11.1 Å². The first-order chi connectivity index (χ1) is 15.5. The number of likely N-dealkylation sites (tertiary alicyclic amines) is 1. The zero-order valence-electron chi connectivity index (χ0n) is 18.6. The van der Waals surface area contributed by atoms with E-state index in [9.17, 15) is 9.59 Å². The molecule has 0 spiro atoms. The Labute approximate surface area is 188 Å². The van der Waals surface area contributed by atoms with Gasteiger partial charge >= 0.3 is 0 Å². The number of furan rings is 1. The highest BCUT2D eigenvalue weighted by Gasteiger charge is 2.35. The molecule has 1 aliphatic heterocycles. The number of amides is 2. The minimum atomic E-state index is -0.468. The Morgan fingerprint density at radius 3 is 2.56 bits per heavy atom. The monoisotopic (exact) mass is 431 g/mol. The minimum Gasteiger partial charge on any atom is -0.459 e. The van der Waals surface area contributed by atoms with Crippen LogP contribution in [0.25, 0.3) is 11.1 Å². The average molecular weight is 432 g/mol. The molecular formula is C26H29N3O3. The molecule has 0 aliphatic carbocycles. The fraction of sp³-hybridized carbons (Fsp3) is 0.308. The minimum absolute atomic E-state index is 0.126. The summed E-state index contributed by atoms with van der Waals surface area (Å²) in [6.07, 6.45) is 2.94. The van der Waals surface area contributed by atoms with Crippen molar-refractivity contribution in [1.29, 1.82) is 0 Å². The van der Waals surface area contributed by atoms with E-state index in [-0.39, 0.29) is 17.6 Å². The molecule has 3 aromatic rings. The van der Waals surface area contributed by atoms with E-state index in [2.05, 4.69) is 54.6 Å². The maximum absolute atomic E-state index is 13.0. The van der Waals surface area contributed by atoms with Crippen molar-refractivity contribution in [3.05, 3.63) is 83.8 Å². The number of nitrogens with zero attached hydrogens (tertiary/aromatic N) is 2. The van der Waals surface area contributed by atoms with E-state index < -0.39 is 6.04 Å². The van der Waals surface area contributed by atoms with E-state index >= 15 is 0 Å². The van der Waals surface area contributed by atoms with Gasteiger partial charge in [0.05, 0.1) is 6.26 Å². The maximum Gasteiger partial charge on any atom is 0.290 e. The highest BCUT2D eigenvalue weighted by atomic mass is 16.3. The van der Waals surface area contributed by atoms with Crippen molar-refractivity contribution >= 4 is 11.8 Å². The van der Waals surface area contributed by atoms with Crippen molar-refractivity contribution in [2.45, 2.75) is 32.0 Å². The van der Waals surface area contributed by atoms with Crippen molar-refractivity contribution in [3.63, 3.8) is 0 Å². The zero-order chi connectivity index (χ0) is 22.5. The lowest BCUT2D eigenvalue weighted by Gasteiger charge is -2.23. The van der Waals surface area contributed by atoms with Crippen LogP contribution in [0.5, 0.6) is 0 Å². The zero-order valence-corrected chi connectivity index (χ0v) is 18.6. The van der Waals surface area contributed by atoms with Crippen LogP contribution in [0.2, 0.25) is 0 Å². The molecule has 4 rings (SSSR count). The van der Waals surface area contributed by atoms with Gasteiger partial charge < -0.3 is 19.5 Å². The topological polar surface area (TPSA) is 65.8 Å². The van der Waals surface area contributed by atoms with Crippen LogP contribution in [0, 0.1) is 0 Å². The number of benzene rings is 2. The summed E-state index contributed by atoms with van der Waals surface area (Å²) in [6.45, 7) is 1.87. The highest BCUT2D eigenvalue weighted by molar-refractivity contribution is 5.96. The third kappa shape index (κ3) is 4.92. The number of hydrogen-bond acceptors (Lipinski definition) is 4. The van der Waals surface area contributed by atoms with Crippen LogP contribution in [-0.2, 0) is 17.9 Å². The first-order valence-corrected chi connectivity index (χ1v) is 11.0. The van der Waals surface area contributed by atoms with Crippen LogP contribution >= 0.6 is 0 Å². The molecular weight excluding hydrogens is 402 g/mol. The molecule has 1 aliphatic rings. The van der Waals surface area contributed by atoms with Crippen molar-refractivity contribution in [1.82, 2.24) is 15.1 Å². The van der Waals surface area contributed by atoms with Crippen LogP contribution in [0.1, 0.15) is 34.5 Å². The van der Waals surface area contributed by atoms with Crippen LogP contribution in [0.3, 0.4) is 0 Å². The second-order valence-electron chi connectivity index (χ2n) is 8.44.